The minimum Gasteiger partial charge on any atom is -0.285 e. The molecule has 0 radical (unpaired) electrons. The smallest absolute Gasteiger partial charge is 0.268 e. The maximum atomic E-state index is 11.4. The molecule has 18 heavy (non-hydrogen) atoms. The predicted molar refractivity (Wildman–Crippen MR) is 81.3 cm³/mol. The quantitative estimate of drug-likeness (QED) is 0.531. The Morgan fingerprint density at radius 3 is 1.33 bits per heavy atom. The molecule has 0 unspecified atom stereocenters. The van der Waals surface area contributed by atoms with Crippen molar-refractivity contribution in [1.82, 2.24) is 0 Å². The number of hydrogen-bond donors (Lipinski definition) is 1. The van der Waals surface area contributed by atoms with Gasteiger partial charge in [-0.2, -0.15) is 8.42 Å². The van der Waals surface area contributed by atoms with Crippen molar-refractivity contribution in [2.75, 3.05) is 5.49 Å². The Morgan fingerprint density at radius 1 is 0.889 bits per heavy atom. The fourth-order valence-corrected chi connectivity index (χ4v) is 9.02. The highest BCUT2D eigenvalue weighted by atomic mass is 32.2. The topological polar surface area (TPSA) is 54.4 Å². The number of hydrogen-bond acceptors (Lipinski definition) is 2. The van der Waals surface area contributed by atoms with Crippen LogP contribution in [0.25, 0.3) is 0 Å². The molecule has 0 saturated carbocycles. The van der Waals surface area contributed by atoms with Crippen LogP contribution in [0.2, 0.25) is 0 Å². The van der Waals surface area contributed by atoms with Crippen LogP contribution in [0.1, 0.15) is 67.2 Å². The van der Waals surface area contributed by atoms with Gasteiger partial charge in [-0.1, -0.05) is 49.5 Å². The lowest BCUT2D eigenvalue weighted by atomic mass is 10.0. The zero-order valence-corrected chi connectivity index (χ0v) is 14.4. The van der Waals surface area contributed by atoms with Crippen molar-refractivity contribution >= 4 is 18.0 Å². The molecule has 0 amide bonds. The third-order valence-corrected chi connectivity index (χ3v) is 10.9. The highest BCUT2D eigenvalue weighted by Gasteiger charge is 2.43. The molecule has 1 N–H and O–H groups in total. The minimum absolute atomic E-state index is 0.0197. The zero-order chi connectivity index (χ0) is 14.6. The maximum absolute atomic E-state index is 11.4. The summed E-state index contributed by atoms with van der Waals surface area (Å²) in [4.78, 5) is 0. The standard InChI is InChI=1S/C13H29O3PS/c1-7-12(5,8-2)17(11-18(14,15)16)13(6,9-3)10-4/h7-11H2,1-6H3,(H,14,15,16). The summed E-state index contributed by atoms with van der Waals surface area (Å²) in [5.74, 6) is 0. The van der Waals surface area contributed by atoms with Crippen LogP contribution in [-0.2, 0) is 10.1 Å². The lowest BCUT2D eigenvalue weighted by Crippen LogP contribution is -2.35. The molecule has 5 heteroatoms. The highest BCUT2D eigenvalue weighted by Crippen LogP contribution is 2.64. The molecule has 0 fully saturated rings. The first-order valence-corrected chi connectivity index (χ1v) is 9.95. The van der Waals surface area contributed by atoms with Gasteiger partial charge in [-0.3, -0.25) is 4.55 Å². The SMILES string of the molecule is CCC(C)(CC)P(CS(=O)(=O)O)C(C)(CC)CC. The zero-order valence-electron chi connectivity index (χ0n) is 12.7. The molecular weight excluding hydrogens is 267 g/mol. The van der Waals surface area contributed by atoms with Crippen molar-refractivity contribution in [2.45, 2.75) is 77.5 Å². The first-order chi connectivity index (χ1) is 8.08. The minimum atomic E-state index is -3.90. The van der Waals surface area contributed by atoms with Crippen molar-refractivity contribution in [3.05, 3.63) is 0 Å². The van der Waals surface area contributed by atoms with E-state index in [2.05, 4.69) is 41.5 Å². The first kappa shape index (κ1) is 18.3. The molecular formula is C13H29O3PS. The van der Waals surface area contributed by atoms with E-state index >= 15 is 0 Å². The Morgan fingerprint density at radius 2 is 1.17 bits per heavy atom. The summed E-state index contributed by atoms with van der Waals surface area (Å²) in [6, 6.07) is 0. The summed E-state index contributed by atoms with van der Waals surface area (Å²) in [5, 5.41) is 0.0395. The largest absolute Gasteiger partial charge is 0.285 e. The van der Waals surface area contributed by atoms with Crippen molar-refractivity contribution in [1.29, 1.82) is 0 Å². The van der Waals surface area contributed by atoms with E-state index in [0.717, 1.165) is 25.7 Å². The molecule has 0 rings (SSSR count). The maximum Gasteiger partial charge on any atom is 0.268 e. The summed E-state index contributed by atoms with van der Waals surface area (Å²) < 4.78 is 32.0. The average Bonchev–Trinajstić information content (AvgIpc) is 2.33. The van der Waals surface area contributed by atoms with Gasteiger partial charge >= 0.3 is 0 Å². The van der Waals surface area contributed by atoms with Gasteiger partial charge in [0.2, 0.25) is 0 Å². The second kappa shape index (κ2) is 6.67. The third kappa shape index (κ3) is 4.47. The monoisotopic (exact) mass is 296 g/mol. The van der Waals surface area contributed by atoms with E-state index in [1.54, 1.807) is 0 Å². The molecule has 0 aromatic heterocycles. The molecule has 0 heterocycles. The summed E-state index contributed by atoms with van der Waals surface area (Å²) in [6.07, 6.45) is 3.83. The average molecular weight is 296 g/mol. The fourth-order valence-electron chi connectivity index (χ4n) is 2.39. The van der Waals surface area contributed by atoms with Gasteiger partial charge in [-0.15, -0.1) is 0 Å². The predicted octanol–water partition coefficient (Wildman–Crippen LogP) is 4.47. The van der Waals surface area contributed by atoms with Crippen molar-refractivity contribution in [3.63, 3.8) is 0 Å². The second-order valence-electron chi connectivity index (χ2n) is 5.55. The lowest BCUT2D eigenvalue weighted by Gasteiger charge is -2.47. The Labute approximate surface area is 114 Å². The fraction of sp³-hybridized carbons (Fsp3) is 1.00. The Hall–Kier alpha value is 0.340. The van der Waals surface area contributed by atoms with Gasteiger partial charge in [0.15, 0.2) is 0 Å². The summed E-state index contributed by atoms with van der Waals surface area (Å²) in [6.45, 7) is 12.8. The summed E-state index contributed by atoms with van der Waals surface area (Å²) in [7, 11) is -4.68. The van der Waals surface area contributed by atoms with Crippen LogP contribution in [0.5, 0.6) is 0 Å². The van der Waals surface area contributed by atoms with Crippen LogP contribution in [0.3, 0.4) is 0 Å². The van der Waals surface area contributed by atoms with E-state index < -0.39 is 18.0 Å². The van der Waals surface area contributed by atoms with Crippen molar-refractivity contribution in [3.8, 4) is 0 Å². The molecule has 0 aliphatic carbocycles. The summed E-state index contributed by atoms with van der Waals surface area (Å²) in [5.41, 5.74) is -0.0569. The molecule has 0 aliphatic rings. The Kier molecular flexibility index (Phi) is 6.80. The molecule has 0 atom stereocenters. The third-order valence-electron chi connectivity index (χ3n) is 4.64. The van der Waals surface area contributed by atoms with Gasteiger partial charge in [-0.05, 0) is 36.0 Å². The highest BCUT2D eigenvalue weighted by molar-refractivity contribution is 7.94. The van der Waals surface area contributed by atoms with Gasteiger partial charge in [0, 0.05) is 0 Å². The van der Waals surface area contributed by atoms with Crippen LogP contribution in [-0.4, -0.2) is 28.8 Å². The van der Waals surface area contributed by atoms with Crippen LogP contribution < -0.4 is 0 Å². The molecule has 0 aromatic carbocycles. The van der Waals surface area contributed by atoms with Crippen molar-refractivity contribution < 1.29 is 13.0 Å². The van der Waals surface area contributed by atoms with Crippen LogP contribution in [0.4, 0.5) is 0 Å². The molecule has 0 saturated heterocycles. The van der Waals surface area contributed by atoms with Gasteiger partial charge in [0.05, 0.1) is 5.49 Å². The van der Waals surface area contributed by atoms with E-state index in [4.69, 9.17) is 0 Å². The molecule has 0 bridgehead atoms. The first-order valence-electron chi connectivity index (χ1n) is 6.81. The molecule has 3 nitrogen and oxygen atoms in total. The van der Waals surface area contributed by atoms with E-state index in [-0.39, 0.29) is 15.8 Å². The molecule has 0 spiro atoms. The van der Waals surface area contributed by atoms with Crippen LogP contribution in [0.15, 0.2) is 0 Å². The van der Waals surface area contributed by atoms with Gasteiger partial charge < -0.3 is 0 Å². The molecule has 0 aromatic rings. The van der Waals surface area contributed by atoms with Crippen molar-refractivity contribution in [2.24, 2.45) is 0 Å². The van der Waals surface area contributed by atoms with Crippen LogP contribution >= 0.6 is 7.92 Å². The van der Waals surface area contributed by atoms with E-state index in [1.807, 2.05) is 0 Å². The summed E-state index contributed by atoms with van der Waals surface area (Å²) >= 11 is 0. The molecule has 110 valence electrons. The second-order valence-corrected chi connectivity index (χ2v) is 10.8. The van der Waals surface area contributed by atoms with E-state index in [9.17, 15) is 13.0 Å². The van der Waals surface area contributed by atoms with Gasteiger partial charge in [0.25, 0.3) is 10.1 Å². The van der Waals surface area contributed by atoms with Crippen LogP contribution in [0, 0.1) is 0 Å². The van der Waals surface area contributed by atoms with Gasteiger partial charge in [0.1, 0.15) is 0 Å². The van der Waals surface area contributed by atoms with E-state index in [0.29, 0.717) is 0 Å². The lowest BCUT2D eigenvalue weighted by molar-refractivity contribution is 0.484. The van der Waals surface area contributed by atoms with E-state index in [1.165, 1.54) is 0 Å². The molecule has 0 aliphatic heterocycles. The normalized spacial score (nSPS) is 14.2. The number of rotatable bonds is 8. The Bertz CT molecular complexity index is 325. The Balaban J connectivity index is 5.56. The van der Waals surface area contributed by atoms with Gasteiger partial charge in [-0.25, -0.2) is 0 Å².